The molecule has 1 aromatic heterocycles. The molecule has 0 aromatic carbocycles. The van der Waals surface area contributed by atoms with E-state index in [0.29, 0.717) is 13.1 Å². The lowest BCUT2D eigenvalue weighted by Crippen LogP contribution is -2.53. The maximum absolute atomic E-state index is 12.0. The quantitative estimate of drug-likeness (QED) is 0.792. The van der Waals surface area contributed by atoms with Crippen LogP contribution >= 0.6 is 0 Å². The molecule has 7 nitrogen and oxygen atoms in total. The molecule has 0 aliphatic heterocycles. The van der Waals surface area contributed by atoms with E-state index in [4.69, 9.17) is 5.11 Å². The number of likely N-dealkylation sites (N-methyl/N-ethyl adjacent to an activating group) is 1. The van der Waals surface area contributed by atoms with E-state index in [1.165, 1.54) is 24.9 Å². The smallest absolute Gasteiger partial charge is 0.329 e. The van der Waals surface area contributed by atoms with Gasteiger partial charge >= 0.3 is 5.97 Å². The van der Waals surface area contributed by atoms with Crippen molar-refractivity contribution in [1.29, 1.82) is 0 Å². The number of carboxylic acid groups (broad SMARTS) is 1. The first-order valence-electron chi connectivity index (χ1n) is 5.77. The minimum atomic E-state index is -1.20. The second-order valence-electron chi connectivity index (χ2n) is 4.42. The number of aliphatic carboxylic acids is 1. The summed E-state index contributed by atoms with van der Waals surface area (Å²) in [5.74, 6) is -1.22. The van der Waals surface area contributed by atoms with Gasteiger partial charge in [0.1, 0.15) is 5.54 Å². The number of rotatable bonds is 6. The van der Waals surface area contributed by atoms with E-state index < -0.39 is 11.5 Å². The van der Waals surface area contributed by atoms with Crippen molar-refractivity contribution in [2.45, 2.75) is 39.3 Å². The summed E-state index contributed by atoms with van der Waals surface area (Å²) >= 11 is 0. The molecule has 0 unspecified atom stereocenters. The van der Waals surface area contributed by atoms with Crippen molar-refractivity contribution in [2.75, 3.05) is 6.54 Å². The molecule has 0 aliphatic rings. The summed E-state index contributed by atoms with van der Waals surface area (Å²) in [7, 11) is 0. The molecule has 0 fully saturated rings. The van der Waals surface area contributed by atoms with Crippen LogP contribution in [0.25, 0.3) is 0 Å². The highest BCUT2D eigenvalue weighted by Gasteiger charge is 2.36. The van der Waals surface area contributed by atoms with Crippen LogP contribution in [0.4, 0.5) is 0 Å². The standard InChI is InChI=1S/C11H18N4O3/c1-4-15(11(2,3)10(17)18)9(16)5-7-14-8-6-12-13-14/h6,8H,4-5,7H2,1-3H3,(H,17,18). The fourth-order valence-corrected chi connectivity index (χ4v) is 1.70. The lowest BCUT2D eigenvalue weighted by atomic mass is 10.0. The Morgan fingerprint density at radius 3 is 2.56 bits per heavy atom. The van der Waals surface area contributed by atoms with Gasteiger partial charge in [0.05, 0.1) is 12.7 Å². The number of amides is 1. The lowest BCUT2D eigenvalue weighted by Gasteiger charge is -2.34. The van der Waals surface area contributed by atoms with Crippen LogP contribution in [0.3, 0.4) is 0 Å². The average Bonchev–Trinajstić information content (AvgIpc) is 2.79. The number of carbonyl (C=O) groups excluding carboxylic acids is 1. The highest BCUT2D eigenvalue weighted by atomic mass is 16.4. The lowest BCUT2D eigenvalue weighted by molar-refractivity contribution is -0.156. The first kappa shape index (κ1) is 14.1. The Morgan fingerprint density at radius 2 is 2.11 bits per heavy atom. The van der Waals surface area contributed by atoms with Crippen molar-refractivity contribution in [3.8, 4) is 0 Å². The Balaban J connectivity index is 2.65. The zero-order chi connectivity index (χ0) is 13.8. The first-order valence-corrected chi connectivity index (χ1v) is 5.77. The van der Waals surface area contributed by atoms with E-state index in [9.17, 15) is 9.59 Å². The molecule has 0 spiro atoms. The molecule has 1 amide bonds. The van der Waals surface area contributed by atoms with Crippen molar-refractivity contribution in [3.63, 3.8) is 0 Å². The maximum atomic E-state index is 12.0. The van der Waals surface area contributed by atoms with Crippen molar-refractivity contribution in [1.82, 2.24) is 19.9 Å². The van der Waals surface area contributed by atoms with Crippen LogP contribution in [-0.4, -0.2) is 49.0 Å². The molecule has 7 heteroatoms. The normalized spacial score (nSPS) is 11.3. The first-order chi connectivity index (χ1) is 8.39. The fraction of sp³-hybridized carbons (Fsp3) is 0.636. The van der Waals surface area contributed by atoms with Gasteiger partial charge in [0.2, 0.25) is 5.91 Å². The summed E-state index contributed by atoms with van der Waals surface area (Å²) in [5.41, 5.74) is -1.20. The Labute approximate surface area is 105 Å². The molecule has 0 radical (unpaired) electrons. The van der Waals surface area contributed by atoms with Gasteiger partial charge in [-0.05, 0) is 20.8 Å². The van der Waals surface area contributed by atoms with E-state index >= 15 is 0 Å². The highest BCUT2D eigenvalue weighted by Crippen LogP contribution is 2.16. The highest BCUT2D eigenvalue weighted by molar-refractivity contribution is 5.86. The molecule has 18 heavy (non-hydrogen) atoms. The Morgan fingerprint density at radius 1 is 1.44 bits per heavy atom. The SMILES string of the molecule is CCN(C(=O)CCn1ccnn1)C(C)(C)C(=O)O. The third-order valence-electron chi connectivity index (χ3n) is 2.84. The zero-order valence-electron chi connectivity index (χ0n) is 10.8. The van der Waals surface area contributed by atoms with Gasteiger partial charge in [-0.1, -0.05) is 5.21 Å². The summed E-state index contributed by atoms with van der Waals surface area (Å²) in [6, 6.07) is 0. The minimum Gasteiger partial charge on any atom is -0.480 e. The number of carbonyl (C=O) groups is 2. The van der Waals surface area contributed by atoms with Crippen molar-refractivity contribution >= 4 is 11.9 Å². The van der Waals surface area contributed by atoms with Gasteiger partial charge in [-0.2, -0.15) is 0 Å². The van der Waals surface area contributed by atoms with Crippen LogP contribution in [0.2, 0.25) is 0 Å². The molecule has 1 heterocycles. The van der Waals surface area contributed by atoms with Crippen LogP contribution in [0, 0.1) is 0 Å². The van der Waals surface area contributed by atoms with Crippen molar-refractivity contribution < 1.29 is 14.7 Å². The molecular formula is C11H18N4O3. The molecule has 0 bridgehead atoms. The number of nitrogens with zero attached hydrogens (tertiary/aromatic N) is 4. The third kappa shape index (κ3) is 3.06. The number of aromatic nitrogens is 3. The molecule has 0 atom stereocenters. The molecule has 1 rings (SSSR count). The number of carboxylic acids is 1. The Kier molecular flexibility index (Phi) is 4.41. The van der Waals surface area contributed by atoms with E-state index in [0.717, 1.165) is 0 Å². The second-order valence-corrected chi connectivity index (χ2v) is 4.42. The molecule has 1 aromatic rings. The Hall–Kier alpha value is -1.92. The van der Waals surface area contributed by atoms with Crippen LogP contribution in [-0.2, 0) is 16.1 Å². The molecule has 0 saturated carbocycles. The molecular weight excluding hydrogens is 236 g/mol. The van der Waals surface area contributed by atoms with Gasteiger partial charge in [0.25, 0.3) is 0 Å². The van der Waals surface area contributed by atoms with E-state index in [2.05, 4.69) is 10.3 Å². The molecule has 0 aliphatic carbocycles. The van der Waals surface area contributed by atoms with E-state index in [1.807, 2.05) is 0 Å². The summed E-state index contributed by atoms with van der Waals surface area (Å²) in [6.07, 6.45) is 3.39. The monoisotopic (exact) mass is 254 g/mol. The molecule has 1 N–H and O–H groups in total. The van der Waals surface area contributed by atoms with Crippen LogP contribution < -0.4 is 0 Å². The van der Waals surface area contributed by atoms with Gasteiger partial charge < -0.3 is 10.0 Å². The number of hydrogen-bond donors (Lipinski definition) is 1. The van der Waals surface area contributed by atoms with Gasteiger partial charge in [-0.25, -0.2) is 4.79 Å². The van der Waals surface area contributed by atoms with Crippen molar-refractivity contribution in [3.05, 3.63) is 12.4 Å². The maximum Gasteiger partial charge on any atom is 0.329 e. The van der Waals surface area contributed by atoms with E-state index in [-0.39, 0.29) is 12.3 Å². The summed E-state index contributed by atoms with van der Waals surface area (Å²) < 4.78 is 1.54. The fourth-order valence-electron chi connectivity index (χ4n) is 1.70. The number of aryl methyl sites for hydroxylation is 1. The second kappa shape index (κ2) is 5.61. The topological polar surface area (TPSA) is 88.3 Å². The van der Waals surface area contributed by atoms with Gasteiger partial charge in [0.15, 0.2) is 0 Å². The van der Waals surface area contributed by atoms with E-state index in [1.54, 1.807) is 17.8 Å². The summed E-state index contributed by atoms with van der Waals surface area (Å²) in [6.45, 7) is 5.55. The predicted molar refractivity (Wildman–Crippen MR) is 63.7 cm³/mol. The van der Waals surface area contributed by atoms with Gasteiger partial charge in [-0.3, -0.25) is 9.48 Å². The largest absolute Gasteiger partial charge is 0.480 e. The molecule has 100 valence electrons. The zero-order valence-corrected chi connectivity index (χ0v) is 10.8. The summed E-state index contributed by atoms with van der Waals surface area (Å²) in [4.78, 5) is 24.5. The molecule has 0 saturated heterocycles. The van der Waals surface area contributed by atoms with Crippen molar-refractivity contribution in [2.24, 2.45) is 0 Å². The predicted octanol–water partition coefficient (Wildman–Crippen LogP) is 0.380. The minimum absolute atomic E-state index is 0.202. The average molecular weight is 254 g/mol. The van der Waals surface area contributed by atoms with Crippen LogP contribution in [0.1, 0.15) is 27.2 Å². The Bertz CT molecular complexity index is 414. The summed E-state index contributed by atoms with van der Waals surface area (Å²) in [5, 5.41) is 16.5. The third-order valence-corrected chi connectivity index (χ3v) is 2.84. The number of hydrogen-bond acceptors (Lipinski definition) is 4. The van der Waals surface area contributed by atoms with Gasteiger partial charge in [0, 0.05) is 19.2 Å². The van der Waals surface area contributed by atoms with Crippen LogP contribution in [0.5, 0.6) is 0 Å². The van der Waals surface area contributed by atoms with Gasteiger partial charge in [-0.15, -0.1) is 5.10 Å². The van der Waals surface area contributed by atoms with Crippen LogP contribution in [0.15, 0.2) is 12.4 Å².